The highest BCUT2D eigenvalue weighted by molar-refractivity contribution is 9.10. The SMILES string of the molecule is Oc1cc(Br)c(C2(O)CC2)c(F)c1O. The fourth-order valence-electron chi connectivity index (χ4n) is 1.39. The van der Waals surface area contributed by atoms with Crippen LogP contribution in [0.3, 0.4) is 0 Å². The second-order valence-electron chi connectivity index (χ2n) is 3.45. The monoisotopic (exact) mass is 262 g/mol. The van der Waals surface area contributed by atoms with E-state index in [4.69, 9.17) is 10.2 Å². The van der Waals surface area contributed by atoms with Crippen LogP contribution in [0.2, 0.25) is 0 Å². The van der Waals surface area contributed by atoms with Gasteiger partial charge in [-0.1, -0.05) is 15.9 Å². The Morgan fingerprint density at radius 3 is 2.43 bits per heavy atom. The summed E-state index contributed by atoms with van der Waals surface area (Å²) >= 11 is 3.04. The molecule has 1 saturated carbocycles. The van der Waals surface area contributed by atoms with Gasteiger partial charge in [0.15, 0.2) is 17.3 Å². The van der Waals surface area contributed by atoms with Crippen LogP contribution in [0.15, 0.2) is 10.5 Å². The molecular weight excluding hydrogens is 255 g/mol. The normalized spacial score (nSPS) is 18.2. The maximum atomic E-state index is 13.5. The molecule has 0 amide bonds. The van der Waals surface area contributed by atoms with Gasteiger partial charge in [-0.3, -0.25) is 0 Å². The van der Waals surface area contributed by atoms with Crippen molar-refractivity contribution < 1.29 is 19.7 Å². The van der Waals surface area contributed by atoms with Crippen LogP contribution in [-0.4, -0.2) is 15.3 Å². The highest BCUT2D eigenvalue weighted by Gasteiger charge is 2.46. The number of phenolic OH excluding ortho intramolecular Hbond substituents is 2. The number of aromatic hydroxyl groups is 2. The molecule has 76 valence electrons. The number of halogens is 2. The van der Waals surface area contributed by atoms with Gasteiger partial charge in [-0.05, 0) is 18.9 Å². The molecule has 0 radical (unpaired) electrons. The van der Waals surface area contributed by atoms with E-state index in [0.717, 1.165) is 0 Å². The van der Waals surface area contributed by atoms with Crippen molar-refractivity contribution in [2.75, 3.05) is 0 Å². The highest BCUT2D eigenvalue weighted by atomic mass is 79.9. The molecule has 2 rings (SSSR count). The smallest absolute Gasteiger partial charge is 0.194 e. The fraction of sp³-hybridized carbons (Fsp3) is 0.333. The van der Waals surface area contributed by atoms with Crippen LogP contribution in [0.4, 0.5) is 4.39 Å². The van der Waals surface area contributed by atoms with Crippen molar-refractivity contribution in [2.45, 2.75) is 18.4 Å². The van der Waals surface area contributed by atoms with Gasteiger partial charge in [0.25, 0.3) is 0 Å². The summed E-state index contributed by atoms with van der Waals surface area (Å²) in [4.78, 5) is 0. The molecule has 0 saturated heterocycles. The maximum absolute atomic E-state index is 13.5. The molecule has 0 heterocycles. The summed E-state index contributed by atoms with van der Waals surface area (Å²) in [6.07, 6.45) is 0.930. The molecule has 14 heavy (non-hydrogen) atoms. The van der Waals surface area contributed by atoms with Crippen molar-refractivity contribution >= 4 is 15.9 Å². The van der Waals surface area contributed by atoms with Gasteiger partial charge in [0, 0.05) is 10.0 Å². The Morgan fingerprint density at radius 2 is 1.93 bits per heavy atom. The van der Waals surface area contributed by atoms with E-state index >= 15 is 0 Å². The lowest BCUT2D eigenvalue weighted by Gasteiger charge is -2.13. The standard InChI is InChI=1S/C9H8BrFO3/c10-4-3-5(12)8(13)7(11)6(4)9(14)1-2-9/h3,12-14H,1-2H2. The minimum absolute atomic E-state index is 0.0211. The van der Waals surface area contributed by atoms with Crippen molar-refractivity contribution in [3.05, 3.63) is 21.9 Å². The van der Waals surface area contributed by atoms with E-state index < -0.39 is 22.9 Å². The number of benzene rings is 1. The third-order valence-electron chi connectivity index (χ3n) is 2.36. The minimum atomic E-state index is -1.19. The van der Waals surface area contributed by atoms with Crippen LogP contribution in [0.5, 0.6) is 11.5 Å². The van der Waals surface area contributed by atoms with Gasteiger partial charge in [0.05, 0.1) is 5.60 Å². The molecule has 1 aliphatic rings. The number of rotatable bonds is 1. The summed E-state index contributed by atoms with van der Waals surface area (Å²) in [5.41, 5.74) is -1.17. The van der Waals surface area contributed by atoms with E-state index in [2.05, 4.69) is 15.9 Å². The van der Waals surface area contributed by atoms with E-state index in [1.165, 1.54) is 6.07 Å². The molecule has 1 aliphatic carbocycles. The van der Waals surface area contributed by atoms with Crippen molar-refractivity contribution in [3.8, 4) is 11.5 Å². The number of hydrogen-bond donors (Lipinski definition) is 3. The Hall–Kier alpha value is -0.810. The molecule has 0 atom stereocenters. The first-order valence-electron chi connectivity index (χ1n) is 4.08. The third kappa shape index (κ3) is 1.27. The van der Waals surface area contributed by atoms with Crippen molar-refractivity contribution in [2.24, 2.45) is 0 Å². The Balaban J connectivity index is 2.65. The zero-order valence-electron chi connectivity index (χ0n) is 7.09. The predicted octanol–water partition coefficient (Wildman–Crippen LogP) is 1.98. The van der Waals surface area contributed by atoms with Crippen LogP contribution in [0.1, 0.15) is 18.4 Å². The van der Waals surface area contributed by atoms with E-state index in [1.807, 2.05) is 0 Å². The summed E-state index contributed by atoms with van der Waals surface area (Å²) in [5.74, 6) is -2.32. The summed E-state index contributed by atoms with van der Waals surface area (Å²) in [7, 11) is 0. The molecule has 3 N–H and O–H groups in total. The van der Waals surface area contributed by atoms with Crippen LogP contribution in [0, 0.1) is 5.82 Å². The molecule has 0 aromatic heterocycles. The van der Waals surface area contributed by atoms with Crippen molar-refractivity contribution in [3.63, 3.8) is 0 Å². The molecule has 0 spiro atoms. The largest absolute Gasteiger partial charge is 0.504 e. The average Bonchev–Trinajstić information content (AvgIpc) is 2.80. The van der Waals surface area contributed by atoms with Gasteiger partial charge in [-0.2, -0.15) is 0 Å². The quantitative estimate of drug-likeness (QED) is 0.679. The van der Waals surface area contributed by atoms with Gasteiger partial charge >= 0.3 is 0 Å². The molecular formula is C9H8BrFO3. The minimum Gasteiger partial charge on any atom is -0.504 e. The predicted molar refractivity (Wildman–Crippen MR) is 50.6 cm³/mol. The third-order valence-corrected chi connectivity index (χ3v) is 2.99. The van der Waals surface area contributed by atoms with Gasteiger partial charge < -0.3 is 15.3 Å². The Labute approximate surface area is 87.9 Å². The maximum Gasteiger partial charge on any atom is 0.194 e. The summed E-state index contributed by atoms with van der Waals surface area (Å²) < 4.78 is 13.7. The molecule has 0 unspecified atom stereocenters. The van der Waals surface area contributed by atoms with Gasteiger partial charge in [-0.25, -0.2) is 4.39 Å². The average molecular weight is 263 g/mol. The number of hydrogen-bond acceptors (Lipinski definition) is 3. The second-order valence-corrected chi connectivity index (χ2v) is 4.30. The van der Waals surface area contributed by atoms with Gasteiger partial charge in [0.1, 0.15) is 0 Å². The zero-order valence-corrected chi connectivity index (χ0v) is 8.68. The summed E-state index contributed by atoms with van der Waals surface area (Å²) in [5, 5.41) is 27.9. The van der Waals surface area contributed by atoms with Crippen LogP contribution in [-0.2, 0) is 5.60 Å². The topological polar surface area (TPSA) is 60.7 Å². The van der Waals surface area contributed by atoms with E-state index in [0.29, 0.717) is 12.8 Å². The van der Waals surface area contributed by atoms with Crippen LogP contribution < -0.4 is 0 Å². The van der Waals surface area contributed by atoms with Crippen LogP contribution in [0.25, 0.3) is 0 Å². The first-order chi connectivity index (χ1) is 6.46. The molecule has 1 aromatic rings. The molecule has 0 aliphatic heterocycles. The van der Waals surface area contributed by atoms with E-state index in [9.17, 15) is 9.50 Å². The Morgan fingerprint density at radius 1 is 1.36 bits per heavy atom. The van der Waals surface area contributed by atoms with Gasteiger partial charge in [-0.15, -0.1) is 0 Å². The first kappa shape index (κ1) is 9.73. The molecule has 3 nitrogen and oxygen atoms in total. The van der Waals surface area contributed by atoms with Crippen LogP contribution >= 0.6 is 15.9 Å². The Bertz CT molecular complexity index is 402. The molecule has 1 fully saturated rings. The zero-order chi connectivity index (χ0) is 10.5. The summed E-state index contributed by atoms with van der Waals surface area (Å²) in [6.45, 7) is 0. The van der Waals surface area contributed by atoms with Crippen molar-refractivity contribution in [1.82, 2.24) is 0 Å². The second kappa shape index (κ2) is 2.84. The van der Waals surface area contributed by atoms with E-state index in [-0.39, 0.29) is 10.0 Å². The first-order valence-corrected chi connectivity index (χ1v) is 4.88. The summed E-state index contributed by atoms with van der Waals surface area (Å²) in [6, 6.07) is 1.17. The highest BCUT2D eigenvalue weighted by Crippen LogP contribution is 2.51. The Kier molecular flexibility index (Phi) is 1.97. The van der Waals surface area contributed by atoms with Gasteiger partial charge in [0.2, 0.25) is 0 Å². The lowest BCUT2D eigenvalue weighted by Crippen LogP contribution is -2.08. The molecule has 0 bridgehead atoms. The number of aliphatic hydroxyl groups is 1. The molecule has 1 aromatic carbocycles. The fourth-order valence-corrected chi connectivity index (χ4v) is 2.15. The van der Waals surface area contributed by atoms with E-state index in [1.54, 1.807) is 0 Å². The van der Waals surface area contributed by atoms with Crippen molar-refractivity contribution in [1.29, 1.82) is 0 Å². The lowest BCUT2D eigenvalue weighted by molar-refractivity contribution is 0.144. The number of phenols is 2. The molecule has 5 heteroatoms. The lowest BCUT2D eigenvalue weighted by atomic mass is 10.1.